The molecule has 11 heteroatoms. The van der Waals surface area contributed by atoms with Gasteiger partial charge in [0.2, 0.25) is 0 Å². The zero-order chi connectivity index (χ0) is 17.0. The fourth-order valence-electron chi connectivity index (χ4n) is 1.55. The predicted molar refractivity (Wildman–Crippen MR) is 83.2 cm³/mol. The summed E-state index contributed by atoms with van der Waals surface area (Å²) < 4.78 is 10.1. The van der Waals surface area contributed by atoms with Crippen LogP contribution in [0.5, 0.6) is 11.5 Å². The van der Waals surface area contributed by atoms with Gasteiger partial charge in [-0.1, -0.05) is 23.2 Å². The lowest BCUT2D eigenvalue weighted by Crippen LogP contribution is -2.11. The molecule has 0 spiro atoms. The highest BCUT2D eigenvalue weighted by molar-refractivity contribution is 6.33. The van der Waals surface area contributed by atoms with Crippen LogP contribution in [-0.4, -0.2) is 17.5 Å². The SMILES string of the molecule is O=[N+]([O-])c1cc(O[B]Oc2ccc(Cl)c([N+](=O)[O-])c2)ccc1Cl. The van der Waals surface area contributed by atoms with Crippen LogP contribution in [0.4, 0.5) is 11.4 Å². The van der Waals surface area contributed by atoms with E-state index in [4.69, 9.17) is 32.5 Å². The average molecular weight is 356 g/mol. The Hall–Kier alpha value is -2.52. The van der Waals surface area contributed by atoms with Gasteiger partial charge in [-0.05, 0) is 24.3 Å². The van der Waals surface area contributed by atoms with Crippen LogP contribution >= 0.6 is 23.2 Å². The fraction of sp³-hybridized carbons (Fsp3) is 0. The zero-order valence-corrected chi connectivity index (χ0v) is 12.7. The van der Waals surface area contributed by atoms with Crippen molar-refractivity contribution < 1.29 is 19.2 Å². The molecule has 0 aromatic heterocycles. The van der Waals surface area contributed by atoms with E-state index in [2.05, 4.69) is 0 Å². The van der Waals surface area contributed by atoms with E-state index in [0.717, 1.165) is 19.8 Å². The van der Waals surface area contributed by atoms with Crippen LogP contribution in [-0.2, 0) is 0 Å². The van der Waals surface area contributed by atoms with Gasteiger partial charge in [0, 0.05) is 0 Å². The van der Waals surface area contributed by atoms with E-state index in [1.807, 2.05) is 0 Å². The Bertz CT molecular complexity index is 710. The van der Waals surface area contributed by atoms with Crippen LogP contribution in [0, 0.1) is 20.2 Å². The maximum Gasteiger partial charge on any atom is 0.658 e. The van der Waals surface area contributed by atoms with E-state index in [9.17, 15) is 20.2 Å². The molecule has 2 rings (SSSR count). The highest BCUT2D eigenvalue weighted by Gasteiger charge is 2.16. The van der Waals surface area contributed by atoms with Crippen molar-refractivity contribution in [1.82, 2.24) is 0 Å². The maximum absolute atomic E-state index is 10.8. The van der Waals surface area contributed by atoms with Crippen LogP contribution in [0.1, 0.15) is 0 Å². The Morgan fingerprint density at radius 3 is 1.57 bits per heavy atom. The Morgan fingerprint density at radius 1 is 0.826 bits per heavy atom. The van der Waals surface area contributed by atoms with Crippen molar-refractivity contribution in [3.63, 3.8) is 0 Å². The van der Waals surface area contributed by atoms with Crippen molar-refractivity contribution in [1.29, 1.82) is 0 Å². The summed E-state index contributed by atoms with van der Waals surface area (Å²) >= 11 is 11.3. The molecule has 0 heterocycles. The molecule has 23 heavy (non-hydrogen) atoms. The van der Waals surface area contributed by atoms with Crippen LogP contribution in [0.2, 0.25) is 10.0 Å². The number of nitro groups is 2. The quantitative estimate of drug-likeness (QED) is 0.443. The van der Waals surface area contributed by atoms with Gasteiger partial charge in [-0.25, -0.2) is 0 Å². The molecule has 0 bridgehead atoms. The molecular formula is C12H6BCl2N2O6. The number of halogens is 2. The lowest BCUT2D eigenvalue weighted by Gasteiger charge is -2.07. The van der Waals surface area contributed by atoms with Gasteiger partial charge in [0.1, 0.15) is 21.5 Å². The molecular weight excluding hydrogens is 350 g/mol. The fourth-order valence-corrected chi connectivity index (χ4v) is 1.92. The molecule has 0 aliphatic heterocycles. The second-order valence-electron chi connectivity index (χ2n) is 4.07. The van der Waals surface area contributed by atoms with E-state index in [-0.39, 0.29) is 32.9 Å². The third-order valence-corrected chi connectivity index (χ3v) is 3.24. The first kappa shape index (κ1) is 16.8. The molecule has 0 saturated carbocycles. The molecule has 0 amide bonds. The first-order valence-corrected chi connectivity index (χ1v) is 6.67. The Balaban J connectivity index is 2.03. The summed E-state index contributed by atoms with van der Waals surface area (Å²) in [6.45, 7) is 0. The Kier molecular flexibility index (Phi) is 5.25. The monoisotopic (exact) mass is 355 g/mol. The van der Waals surface area contributed by atoms with E-state index >= 15 is 0 Å². The summed E-state index contributed by atoms with van der Waals surface area (Å²) in [5.41, 5.74) is -0.639. The molecule has 0 saturated heterocycles. The maximum atomic E-state index is 10.8. The van der Waals surface area contributed by atoms with Gasteiger partial charge in [0.05, 0.1) is 22.0 Å². The number of nitro benzene ring substituents is 2. The first-order valence-electron chi connectivity index (χ1n) is 5.91. The molecule has 0 unspecified atom stereocenters. The molecule has 0 aliphatic carbocycles. The highest BCUT2D eigenvalue weighted by atomic mass is 35.5. The molecule has 0 fully saturated rings. The minimum absolute atomic E-state index is 0.0309. The lowest BCUT2D eigenvalue weighted by atomic mass is 10.2. The normalized spacial score (nSPS) is 10.0. The topological polar surface area (TPSA) is 105 Å². The van der Waals surface area contributed by atoms with Gasteiger partial charge >= 0.3 is 7.69 Å². The average Bonchev–Trinajstić information content (AvgIpc) is 2.50. The third kappa shape index (κ3) is 4.24. The molecule has 2 aromatic rings. The molecule has 1 radical (unpaired) electrons. The second kappa shape index (κ2) is 7.16. The molecule has 8 nitrogen and oxygen atoms in total. The highest BCUT2D eigenvalue weighted by Crippen LogP contribution is 2.30. The van der Waals surface area contributed by atoms with Crippen molar-refractivity contribution in [2.24, 2.45) is 0 Å². The van der Waals surface area contributed by atoms with Gasteiger partial charge in [0.15, 0.2) is 0 Å². The van der Waals surface area contributed by atoms with Crippen molar-refractivity contribution in [2.45, 2.75) is 0 Å². The van der Waals surface area contributed by atoms with Gasteiger partial charge in [0.25, 0.3) is 11.4 Å². The Labute approximate surface area is 140 Å². The molecule has 0 aliphatic rings. The van der Waals surface area contributed by atoms with Gasteiger partial charge in [-0.3, -0.25) is 20.2 Å². The van der Waals surface area contributed by atoms with Gasteiger partial charge in [-0.2, -0.15) is 0 Å². The van der Waals surface area contributed by atoms with E-state index < -0.39 is 9.85 Å². The number of hydrogen-bond donors (Lipinski definition) is 0. The van der Waals surface area contributed by atoms with Crippen molar-refractivity contribution >= 4 is 42.3 Å². The number of benzene rings is 2. The lowest BCUT2D eigenvalue weighted by molar-refractivity contribution is -0.384. The van der Waals surface area contributed by atoms with E-state index in [1.54, 1.807) is 0 Å². The molecule has 0 N–H and O–H groups in total. The van der Waals surface area contributed by atoms with Crippen LogP contribution < -0.4 is 9.31 Å². The summed E-state index contributed by atoms with van der Waals surface area (Å²) in [6, 6.07) is 7.64. The first-order chi connectivity index (χ1) is 10.9. The summed E-state index contributed by atoms with van der Waals surface area (Å²) in [4.78, 5) is 20.2. The smallest absolute Gasteiger partial charge is 0.526 e. The second-order valence-corrected chi connectivity index (χ2v) is 4.89. The van der Waals surface area contributed by atoms with Gasteiger partial charge in [-0.15, -0.1) is 0 Å². The number of hydrogen-bond acceptors (Lipinski definition) is 6. The summed E-state index contributed by atoms with van der Waals surface area (Å²) in [5, 5.41) is 21.4. The van der Waals surface area contributed by atoms with Crippen LogP contribution in [0.15, 0.2) is 36.4 Å². The van der Waals surface area contributed by atoms with E-state index in [1.165, 1.54) is 24.3 Å². The zero-order valence-electron chi connectivity index (χ0n) is 11.1. The van der Waals surface area contributed by atoms with Crippen molar-refractivity contribution in [2.75, 3.05) is 0 Å². The van der Waals surface area contributed by atoms with Crippen LogP contribution in [0.25, 0.3) is 0 Å². The standard InChI is InChI=1S/C12H6BCl2N2O6/c14-9-3-1-7(5-11(9)16(18)19)22-13-23-8-2-4-10(15)12(6-8)17(20)21/h1-6H. The third-order valence-electron chi connectivity index (χ3n) is 2.60. The van der Waals surface area contributed by atoms with Crippen LogP contribution in [0.3, 0.4) is 0 Å². The van der Waals surface area contributed by atoms with Gasteiger partial charge < -0.3 is 9.31 Å². The molecule has 117 valence electrons. The summed E-state index contributed by atoms with van der Waals surface area (Å²) in [7, 11) is 0.875. The van der Waals surface area contributed by atoms with E-state index in [0.29, 0.717) is 0 Å². The minimum Gasteiger partial charge on any atom is -0.526 e. The minimum atomic E-state index is -0.654. The number of rotatable bonds is 6. The number of nitrogens with zero attached hydrogens (tertiary/aromatic N) is 2. The summed E-state index contributed by atoms with van der Waals surface area (Å²) in [5.74, 6) is 0.231. The van der Waals surface area contributed by atoms with Crippen molar-refractivity contribution in [3.05, 3.63) is 66.7 Å². The molecule has 0 atom stereocenters. The largest absolute Gasteiger partial charge is 0.658 e. The predicted octanol–water partition coefficient (Wildman–Crippen LogP) is 3.80. The van der Waals surface area contributed by atoms with Crippen molar-refractivity contribution in [3.8, 4) is 11.5 Å². The molecule has 2 aromatic carbocycles. The Morgan fingerprint density at radius 2 is 1.22 bits per heavy atom. The summed E-state index contributed by atoms with van der Waals surface area (Å²) in [6.07, 6.45) is 0.